The highest BCUT2D eigenvalue weighted by Gasteiger charge is 2.22. The summed E-state index contributed by atoms with van der Waals surface area (Å²) >= 11 is 0. The van der Waals surface area contributed by atoms with Crippen LogP contribution in [0.15, 0.2) is 24.3 Å². The normalized spacial score (nSPS) is 26.0. The third-order valence-corrected chi connectivity index (χ3v) is 4.39. The summed E-state index contributed by atoms with van der Waals surface area (Å²) in [4.78, 5) is 2.33. The van der Waals surface area contributed by atoms with Crippen molar-refractivity contribution in [3.05, 3.63) is 24.3 Å². The van der Waals surface area contributed by atoms with Crippen molar-refractivity contribution < 1.29 is 19.3 Å². The number of hydrogen-bond acceptors (Lipinski definition) is 5. The number of hydrogen-bond donors (Lipinski definition) is 1. The lowest BCUT2D eigenvalue weighted by molar-refractivity contribution is -0.0313. The van der Waals surface area contributed by atoms with E-state index in [1.165, 1.54) is 12.8 Å². The van der Waals surface area contributed by atoms with Crippen LogP contribution in [0.5, 0.6) is 11.5 Å². The van der Waals surface area contributed by atoms with E-state index in [0.29, 0.717) is 26.4 Å². The van der Waals surface area contributed by atoms with Crippen molar-refractivity contribution >= 4 is 0 Å². The Morgan fingerprint density at radius 3 is 3.00 bits per heavy atom. The number of aliphatic hydroxyl groups is 1. The quantitative estimate of drug-likeness (QED) is 0.868. The molecule has 0 aromatic heterocycles. The van der Waals surface area contributed by atoms with Gasteiger partial charge in [-0.05, 0) is 37.4 Å². The fourth-order valence-electron chi connectivity index (χ4n) is 3.28. The zero-order valence-electron chi connectivity index (χ0n) is 13.8. The van der Waals surface area contributed by atoms with Gasteiger partial charge in [0, 0.05) is 13.1 Å². The van der Waals surface area contributed by atoms with Crippen molar-refractivity contribution in [1.29, 1.82) is 0 Å². The molecule has 2 aliphatic rings. The van der Waals surface area contributed by atoms with Crippen LogP contribution in [0, 0.1) is 5.92 Å². The molecule has 1 fully saturated rings. The van der Waals surface area contributed by atoms with E-state index in [1.54, 1.807) is 0 Å². The van der Waals surface area contributed by atoms with Gasteiger partial charge >= 0.3 is 0 Å². The van der Waals surface area contributed by atoms with Crippen molar-refractivity contribution in [2.24, 2.45) is 5.92 Å². The highest BCUT2D eigenvalue weighted by molar-refractivity contribution is 5.40. The minimum Gasteiger partial charge on any atom is -0.486 e. The molecule has 5 heteroatoms. The molecule has 2 aliphatic heterocycles. The zero-order chi connectivity index (χ0) is 16.1. The molecule has 128 valence electrons. The second-order valence-electron chi connectivity index (χ2n) is 6.70. The second-order valence-corrected chi connectivity index (χ2v) is 6.70. The van der Waals surface area contributed by atoms with E-state index in [1.807, 2.05) is 24.3 Å². The predicted octanol–water partition coefficient (Wildman–Crippen LogP) is 1.94. The lowest BCUT2D eigenvalue weighted by Gasteiger charge is -2.32. The monoisotopic (exact) mass is 321 g/mol. The summed E-state index contributed by atoms with van der Waals surface area (Å²) in [5, 5.41) is 10.1. The molecule has 3 rings (SSSR count). The molecule has 1 N–H and O–H groups in total. The van der Waals surface area contributed by atoms with Gasteiger partial charge in [-0.2, -0.15) is 0 Å². The third-order valence-electron chi connectivity index (χ3n) is 4.39. The smallest absolute Gasteiger partial charge is 0.161 e. The lowest BCUT2D eigenvalue weighted by atomic mass is 10.0. The number of fused-ring (bicyclic) bond motifs is 1. The Balaban J connectivity index is 1.35. The zero-order valence-corrected chi connectivity index (χ0v) is 13.8. The van der Waals surface area contributed by atoms with E-state index in [0.717, 1.165) is 30.5 Å². The summed E-state index contributed by atoms with van der Waals surface area (Å²) in [6.45, 7) is 6.37. The molecule has 5 nitrogen and oxygen atoms in total. The van der Waals surface area contributed by atoms with Crippen molar-refractivity contribution in [3.63, 3.8) is 0 Å². The van der Waals surface area contributed by atoms with Gasteiger partial charge in [0.05, 0.1) is 19.3 Å². The van der Waals surface area contributed by atoms with Crippen LogP contribution >= 0.6 is 0 Å². The molecule has 0 radical (unpaired) electrons. The number of piperidine rings is 1. The minimum absolute atomic E-state index is 0.118. The molecule has 0 unspecified atom stereocenters. The maximum absolute atomic E-state index is 10.1. The number of β-amino-alcohol motifs (C(OH)–C–C–N with tert-alkyl or cyclic N) is 1. The fraction of sp³-hybridized carbons (Fsp3) is 0.667. The molecule has 1 aromatic rings. The maximum Gasteiger partial charge on any atom is 0.161 e. The number of rotatable bonds is 6. The molecule has 2 heterocycles. The van der Waals surface area contributed by atoms with Crippen LogP contribution in [0.25, 0.3) is 0 Å². The van der Waals surface area contributed by atoms with Crippen molar-refractivity contribution in [2.75, 3.05) is 39.5 Å². The first-order valence-corrected chi connectivity index (χ1v) is 8.57. The highest BCUT2D eigenvalue weighted by Crippen LogP contribution is 2.30. The molecule has 1 saturated heterocycles. The summed E-state index contributed by atoms with van der Waals surface area (Å²) in [6.07, 6.45) is 1.95. The van der Waals surface area contributed by atoms with Crippen LogP contribution in [-0.4, -0.2) is 61.7 Å². The summed E-state index contributed by atoms with van der Waals surface area (Å²) < 4.78 is 17.1. The average molecular weight is 321 g/mol. The molecule has 0 aliphatic carbocycles. The number of aliphatic hydroxyl groups excluding tert-OH is 1. The molecular weight excluding hydrogens is 294 g/mol. The van der Waals surface area contributed by atoms with Crippen LogP contribution in [0.1, 0.15) is 19.8 Å². The SMILES string of the molecule is C[C@H]1CCCN(C[C@H](O)COC[C@@H]2COc3ccccc3O2)C1. The van der Waals surface area contributed by atoms with Gasteiger partial charge in [-0.15, -0.1) is 0 Å². The Bertz CT molecular complexity index is 496. The fourth-order valence-corrected chi connectivity index (χ4v) is 3.28. The van der Waals surface area contributed by atoms with E-state index < -0.39 is 6.10 Å². The van der Waals surface area contributed by atoms with Crippen LogP contribution < -0.4 is 9.47 Å². The summed E-state index contributed by atoms with van der Waals surface area (Å²) in [5.74, 6) is 2.27. The van der Waals surface area contributed by atoms with Gasteiger partial charge in [0.15, 0.2) is 17.6 Å². The Morgan fingerprint density at radius 2 is 2.17 bits per heavy atom. The largest absolute Gasteiger partial charge is 0.486 e. The standard InChI is InChI=1S/C18H27NO4/c1-14-5-4-8-19(9-14)10-15(20)11-21-12-16-13-22-17-6-2-3-7-18(17)23-16/h2-3,6-7,14-16,20H,4-5,8-13H2,1H3/t14-,15-,16+/m0/s1. The Kier molecular flexibility index (Phi) is 5.75. The first-order valence-electron chi connectivity index (χ1n) is 8.57. The van der Waals surface area contributed by atoms with Gasteiger partial charge in [-0.25, -0.2) is 0 Å². The van der Waals surface area contributed by atoms with Gasteiger partial charge in [-0.3, -0.25) is 0 Å². The summed E-state index contributed by atoms with van der Waals surface area (Å²) in [7, 11) is 0. The van der Waals surface area contributed by atoms with E-state index in [9.17, 15) is 5.11 Å². The van der Waals surface area contributed by atoms with Gasteiger partial charge < -0.3 is 24.2 Å². The lowest BCUT2D eigenvalue weighted by Crippen LogP contribution is -2.41. The highest BCUT2D eigenvalue weighted by atomic mass is 16.6. The van der Waals surface area contributed by atoms with Crippen LogP contribution in [0.3, 0.4) is 0 Å². The first-order chi connectivity index (χ1) is 11.2. The molecular formula is C18H27NO4. The Labute approximate surface area is 138 Å². The molecule has 0 bridgehead atoms. The van der Waals surface area contributed by atoms with Crippen LogP contribution in [0.4, 0.5) is 0 Å². The van der Waals surface area contributed by atoms with Gasteiger partial charge in [0.25, 0.3) is 0 Å². The van der Waals surface area contributed by atoms with Crippen molar-refractivity contribution in [1.82, 2.24) is 4.90 Å². The van der Waals surface area contributed by atoms with E-state index in [4.69, 9.17) is 14.2 Å². The van der Waals surface area contributed by atoms with Gasteiger partial charge in [-0.1, -0.05) is 19.1 Å². The van der Waals surface area contributed by atoms with Crippen LogP contribution in [-0.2, 0) is 4.74 Å². The van der Waals surface area contributed by atoms with Crippen molar-refractivity contribution in [2.45, 2.75) is 32.0 Å². The van der Waals surface area contributed by atoms with E-state index in [2.05, 4.69) is 11.8 Å². The maximum atomic E-state index is 10.1. The second kappa shape index (κ2) is 7.99. The van der Waals surface area contributed by atoms with E-state index in [-0.39, 0.29) is 6.10 Å². The van der Waals surface area contributed by atoms with E-state index >= 15 is 0 Å². The molecule has 0 spiro atoms. The first kappa shape index (κ1) is 16.6. The predicted molar refractivity (Wildman–Crippen MR) is 88.0 cm³/mol. The number of nitrogens with zero attached hydrogens (tertiary/aromatic N) is 1. The molecule has 23 heavy (non-hydrogen) atoms. The summed E-state index contributed by atoms with van der Waals surface area (Å²) in [6, 6.07) is 7.65. The van der Waals surface area contributed by atoms with Gasteiger partial charge in [0.1, 0.15) is 6.61 Å². The molecule has 1 aromatic carbocycles. The van der Waals surface area contributed by atoms with Crippen LogP contribution in [0.2, 0.25) is 0 Å². The minimum atomic E-state index is -0.447. The number of benzene rings is 1. The molecule has 3 atom stereocenters. The topological polar surface area (TPSA) is 51.2 Å². The third kappa shape index (κ3) is 4.83. The summed E-state index contributed by atoms with van der Waals surface area (Å²) in [5.41, 5.74) is 0. The number of para-hydroxylation sites is 2. The number of likely N-dealkylation sites (tertiary alicyclic amines) is 1. The average Bonchev–Trinajstić information content (AvgIpc) is 2.55. The molecule has 0 amide bonds. The number of ether oxygens (including phenoxy) is 3. The molecule has 0 saturated carbocycles. The van der Waals surface area contributed by atoms with Crippen molar-refractivity contribution in [3.8, 4) is 11.5 Å². The Hall–Kier alpha value is -1.30. The van der Waals surface area contributed by atoms with Gasteiger partial charge in [0.2, 0.25) is 0 Å². The Morgan fingerprint density at radius 1 is 1.35 bits per heavy atom.